The molecular formula is C10H14BrN3S. The molecule has 0 spiro atoms. The number of nitrogens with zero attached hydrogens (tertiary/aromatic N) is 3. The minimum absolute atomic E-state index is 0.764. The number of hydrogen-bond donors (Lipinski definition) is 0. The SMILES string of the molecule is CCSC1CCN(c2cnc(Br)cn2)C1. The van der Waals surface area contributed by atoms with Crippen molar-refractivity contribution in [1.82, 2.24) is 9.97 Å². The van der Waals surface area contributed by atoms with Crippen molar-refractivity contribution in [3.8, 4) is 0 Å². The fraction of sp³-hybridized carbons (Fsp3) is 0.600. The number of hydrogen-bond acceptors (Lipinski definition) is 4. The molecule has 1 atom stereocenters. The lowest BCUT2D eigenvalue weighted by Gasteiger charge is -2.16. The number of halogens is 1. The lowest BCUT2D eigenvalue weighted by atomic mass is 10.4. The summed E-state index contributed by atoms with van der Waals surface area (Å²) >= 11 is 5.34. The van der Waals surface area contributed by atoms with Gasteiger partial charge in [0, 0.05) is 18.3 Å². The summed E-state index contributed by atoms with van der Waals surface area (Å²) in [6.07, 6.45) is 4.86. The van der Waals surface area contributed by atoms with Gasteiger partial charge in [0.2, 0.25) is 0 Å². The van der Waals surface area contributed by atoms with Gasteiger partial charge in [-0.1, -0.05) is 6.92 Å². The summed E-state index contributed by atoms with van der Waals surface area (Å²) in [5.74, 6) is 2.20. The van der Waals surface area contributed by atoms with Crippen LogP contribution in [0.15, 0.2) is 17.0 Å². The van der Waals surface area contributed by atoms with Crippen molar-refractivity contribution in [2.75, 3.05) is 23.7 Å². The van der Waals surface area contributed by atoms with Crippen molar-refractivity contribution >= 4 is 33.5 Å². The second-order valence-electron chi connectivity index (χ2n) is 3.51. The van der Waals surface area contributed by atoms with Crippen LogP contribution in [0.1, 0.15) is 13.3 Å². The fourth-order valence-electron chi connectivity index (χ4n) is 1.78. The van der Waals surface area contributed by atoms with Gasteiger partial charge in [0.25, 0.3) is 0 Å². The van der Waals surface area contributed by atoms with Crippen LogP contribution in [0.4, 0.5) is 5.82 Å². The van der Waals surface area contributed by atoms with E-state index < -0.39 is 0 Å². The van der Waals surface area contributed by atoms with Crippen molar-refractivity contribution < 1.29 is 0 Å². The van der Waals surface area contributed by atoms with E-state index in [4.69, 9.17) is 0 Å². The van der Waals surface area contributed by atoms with E-state index in [1.54, 1.807) is 6.20 Å². The maximum absolute atomic E-state index is 4.36. The van der Waals surface area contributed by atoms with E-state index in [-0.39, 0.29) is 0 Å². The Balaban J connectivity index is 1.98. The third-order valence-corrected chi connectivity index (χ3v) is 4.08. The summed E-state index contributed by atoms with van der Waals surface area (Å²) in [7, 11) is 0. The number of rotatable bonds is 3. The minimum atomic E-state index is 0.764. The molecule has 0 N–H and O–H groups in total. The quantitative estimate of drug-likeness (QED) is 0.855. The molecule has 15 heavy (non-hydrogen) atoms. The first kappa shape index (κ1) is 11.2. The highest BCUT2D eigenvalue weighted by Gasteiger charge is 2.23. The molecular weight excluding hydrogens is 274 g/mol. The van der Waals surface area contributed by atoms with Crippen LogP contribution in [0.25, 0.3) is 0 Å². The summed E-state index contributed by atoms with van der Waals surface area (Å²) in [5, 5.41) is 0.764. The smallest absolute Gasteiger partial charge is 0.147 e. The normalized spacial score (nSPS) is 20.9. The highest BCUT2D eigenvalue weighted by molar-refractivity contribution is 9.10. The van der Waals surface area contributed by atoms with Gasteiger partial charge in [0.1, 0.15) is 10.4 Å². The molecule has 0 aliphatic carbocycles. The fourth-order valence-corrected chi connectivity index (χ4v) is 3.01. The Morgan fingerprint density at radius 3 is 3.07 bits per heavy atom. The standard InChI is InChI=1S/C10H14BrN3S/c1-2-15-8-3-4-14(7-8)10-6-12-9(11)5-13-10/h5-6,8H,2-4,7H2,1H3. The van der Waals surface area contributed by atoms with Crippen LogP contribution in [-0.2, 0) is 0 Å². The first-order valence-electron chi connectivity index (χ1n) is 5.13. The Hall–Kier alpha value is -0.290. The van der Waals surface area contributed by atoms with Crippen LogP contribution < -0.4 is 4.90 Å². The molecule has 5 heteroatoms. The van der Waals surface area contributed by atoms with E-state index in [0.717, 1.165) is 28.8 Å². The van der Waals surface area contributed by atoms with E-state index in [1.165, 1.54) is 12.2 Å². The third kappa shape index (κ3) is 2.84. The molecule has 0 radical (unpaired) electrons. The highest BCUT2D eigenvalue weighted by atomic mass is 79.9. The van der Waals surface area contributed by atoms with Gasteiger partial charge in [-0.3, -0.25) is 0 Å². The van der Waals surface area contributed by atoms with Crippen molar-refractivity contribution in [1.29, 1.82) is 0 Å². The Bertz CT molecular complexity index is 317. The molecule has 0 bridgehead atoms. The average Bonchev–Trinajstić information content (AvgIpc) is 2.68. The van der Waals surface area contributed by atoms with Crippen molar-refractivity contribution in [2.45, 2.75) is 18.6 Å². The molecule has 1 aromatic heterocycles. The maximum atomic E-state index is 4.36. The molecule has 1 unspecified atom stereocenters. The zero-order valence-electron chi connectivity index (χ0n) is 8.69. The van der Waals surface area contributed by atoms with E-state index >= 15 is 0 Å². The monoisotopic (exact) mass is 287 g/mol. The van der Waals surface area contributed by atoms with Crippen LogP contribution in [0.5, 0.6) is 0 Å². The zero-order chi connectivity index (χ0) is 10.7. The molecule has 1 aliphatic rings. The summed E-state index contributed by atoms with van der Waals surface area (Å²) in [5.41, 5.74) is 0. The summed E-state index contributed by atoms with van der Waals surface area (Å²) in [6, 6.07) is 0. The third-order valence-electron chi connectivity index (χ3n) is 2.48. The van der Waals surface area contributed by atoms with Crippen LogP contribution in [0.3, 0.4) is 0 Å². The lowest BCUT2D eigenvalue weighted by Crippen LogP contribution is -2.21. The average molecular weight is 288 g/mol. The number of aromatic nitrogens is 2. The van der Waals surface area contributed by atoms with Crippen LogP contribution in [0.2, 0.25) is 0 Å². The molecule has 3 nitrogen and oxygen atoms in total. The van der Waals surface area contributed by atoms with E-state index in [0.29, 0.717) is 0 Å². The molecule has 1 aliphatic heterocycles. The van der Waals surface area contributed by atoms with Gasteiger partial charge >= 0.3 is 0 Å². The topological polar surface area (TPSA) is 29.0 Å². The first-order chi connectivity index (χ1) is 7.29. The molecule has 2 heterocycles. The molecule has 2 rings (SSSR count). The molecule has 0 saturated carbocycles. The van der Waals surface area contributed by atoms with Crippen molar-refractivity contribution in [3.63, 3.8) is 0 Å². The second kappa shape index (κ2) is 5.16. The second-order valence-corrected chi connectivity index (χ2v) is 5.90. The predicted octanol–water partition coefficient (Wildman–Crippen LogP) is 2.57. The van der Waals surface area contributed by atoms with Gasteiger partial charge in [-0.25, -0.2) is 9.97 Å². The molecule has 82 valence electrons. The van der Waals surface area contributed by atoms with Crippen LogP contribution in [0, 0.1) is 0 Å². The highest BCUT2D eigenvalue weighted by Crippen LogP contribution is 2.25. The minimum Gasteiger partial charge on any atom is -0.354 e. The molecule has 1 aromatic rings. The Morgan fingerprint density at radius 1 is 1.53 bits per heavy atom. The van der Waals surface area contributed by atoms with Crippen molar-refractivity contribution in [3.05, 3.63) is 17.0 Å². The Labute approximate surface area is 103 Å². The zero-order valence-corrected chi connectivity index (χ0v) is 11.1. The lowest BCUT2D eigenvalue weighted by molar-refractivity contribution is 0.924. The van der Waals surface area contributed by atoms with E-state index in [1.807, 2.05) is 18.0 Å². The van der Waals surface area contributed by atoms with Crippen molar-refractivity contribution in [2.24, 2.45) is 0 Å². The largest absolute Gasteiger partial charge is 0.354 e. The Morgan fingerprint density at radius 2 is 2.40 bits per heavy atom. The van der Waals surface area contributed by atoms with E-state index in [2.05, 4.69) is 37.7 Å². The summed E-state index contributed by atoms with van der Waals surface area (Å²) in [6.45, 7) is 4.43. The van der Waals surface area contributed by atoms with Gasteiger partial charge in [-0.15, -0.1) is 0 Å². The Kier molecular flexibility index (Phi) is 3.86. The predicted molar refractivity (Wildman–Crippen MR) is 68.5 cm³/mol. The molecule has 1 saturated heterocycles. The molecule has 0 amide bonds. The van der Waals surface area contributed by atoms with Gasteiger partial charge in [0.05, 0.1) is 12.4 Å². The van der Waals surface area contributed by atoms with E-state index in [9.17, 15) is 0 Å². The number of anilines is 1. The van der Waals surface area contributed by atoms with Gasteiger partial charge in [0.15, 0.2) is 0 Å². The summed E-state index contributed by atoms with van der Waals surface area (Å²) < 4.78 is 0.796. The maximum Gasteiger partial charge on any atom is 0.147 e. The van der Waals surface area contributed by atoms with Gasteiger partial charge in [-0.2, -0.15) is 11.8 Å². The molecule has 1 fully saturated rings. The summed E-state index contributed by atoms with van der Waals surface area (Å²) in [4.78, 5) is 10.9. The number of thioether (sulfide) groups is 1. The van der Waals surface area contributed by atoms with Crippen LogP contribution >= 0.6 is 27.7 Å². The van der Waals surface area contributed by atoms with Gasteiger partial charge in [-0.05, 0) is 28.1 Å². The van der Waals surface area contributed by atoms with Gasteiger partial charge < -0.3 is 4.90 Å². The van der Waals surface area contributed by atoms with Crippen LogP contribution in [-0.4, -0.2) is 34.1 Å². The first-order valence-corrected chi connectivity index (χ1v) is 6.98. The molecule has 0 aromatic carbocycles.